The van der Waals surface area contributed by atoms with Gasteiger partial charge in [0.1, 0.15) is 18.2 Å². The maximum Gasteiger partial charge on any atom is 0.319 e. The molecule has 10 nitrogen and oxygen atoms in total. The number of hydrogen-bond donors (Lipinski definition) is 1. The molecule has 0 bridgehead atoms. The van der Waals surface area contributed by atoms with Crippen LogP contribution in [-0.2, 0) is 11.4 Å². The molecule has 1 amide bonds. The number of ether oxygens (including phenoxy) is 1. The molecule has 5 heterocycles. The van der Waals surface area contributed by atoms with Gasteiger partial charge in [-0.05, 0) is 43.2 Å². The number of nitriles is 1. The molecule has 0 radical (unpaired) electrons. The Bertz CT molecular complexity index is 1580. The number of benzene rings is 1. The van der Waals surface area contributed by atoms with Gasteiger partial charge in [0.2, 0.25) is 5.91 Å². The van der Waals surface area contributed by atoms with E-state index in [0.717, 1.165) is 40.7 Å². The predicted molar refractivity (Wildman–Crippen MR) is 141 cm³/mol. The molecule has 2 aliphatic rings. The number of amides is 1. The minimum absolute atomic E-state index is 0.0218. The maximum atomic E-state index is 12.0. The van der Waals surface area contributed by atoms with Gasteiger partial charge in [0, 0.05) is 48.7 Å². The van der Waals surface area contributed by atoms with E-state index >= 15 is 0 Å². The minimum Gasteiger partial charge on any atom is -0.457 e. The van der Waals surface area contributed by atoms with E-state index in [1.807, 2.05) is 37.3 Å². The molecule has 1 N–H and O–H groups in total. The average molecular weight is 507 g/mol. The molecule has 190 valence electrons. The van der Waals surface area contributed by atoms with E-state index in [4.69, 9.17) is 14.7 Å². The van der Waals surface area contributed by atoms with Crippen LogP contribution >= 0.6 is 0 Å². The summed E-state index contributed by atoms with van der Waals surface area (Å²) in [6, 6.07) is 12.1. The van der Waals surface area contributed by atoms with Gasteiger partial charge in [-0.15, -0.1) is 0 Å². The number of aromatic amines is 1. The highest BCUT2D eigenvalue weighted by atomic mass is 16.5. The van der Waals surface area contributed by atoms with Crippen molar-refractivity contribution in [3.8, 4) is 23.3 Å². The highest BCUT2D eigenvalue weighted by molar-refractivity contribution is 5.97. The van der Waals surface area contributed by atoms with Crippen molar-refractivity contribution in [3.05, 3.63) is 72.2 Å². The summed E-state index contributed by atoms with van der Waals surface area (Å²) >= 11 is 0. The van der Waals surface area contributed by atoms with Crippen molar-refractivity contribution in [2.75, 3.05) is 31.1 Å². The molecule has 0 atom stereocenters. The first-order chi connectivity index (χ1) is 18.5. The number of nitrogens with zero attached hydrogens (tertiary/aromatic N) is 7. The Kier molecular flexibility index (Phi) is 5.76. The standard InChI is InChI=1S/C28H26N8O2/c1-3-23(37)36-16-28(17-36)9-11-35(15-28)26-20(12-29)25(24-18(2)7-8-22-21(24)13-31-34-22)32-27(33-26)38-14-19-6-4-5-10-30-19/h3-8,10,13H,1,9,11,14-17H2,2H3,(H,31,34). The number of anilines is 1. The lowest BCUT2D eigenvalue weighted by Gasteiger charge is -2.47. The van der Waals surface area contributed by atoms with E-state index in [0.29, 0.717) is 36.7 Å². The van der Waals surface area contributed by atoms with Crippen LogP contribution in [-0.4, -0.2) is 62.1 Å². The number of aryl methyl sites for hydroxylation is 1. The molecule has 3 aromatic heterocycles. The lowest BCUT2D eigenvalue weighted by atomic mass is 9.79. The molecule has 4 aromatic rings. The second-order valence-corrected chi connectivity index (χ2v) is 9.93. The Labute approximate surface area is 219 Å². The van der Waals surface area contributed by atoms with Gasteiger partial charge in [-0.25, -0.2) is 0 Å². The predicted octanol–water partition coefficient (Wildman–Crippen LogP) is 3.40. The highest BCUT2D eigenvalue weighted by Crippen LogP contribution is 2.43. The number of carbonyl (C=O) groups excluding carboxylic acids is 1. The zero-order valence-electron chi connectivity index (χ0n) is 21.0. The Morgan fingerprint density at radius 3 is 2.89 bits per heavy atom. The van der Waals surface area contributed by atoms with E-state index < -0.39 is 0 Å². The summed E-state index contributed by atoms with van der Waals surface area (Å²) in [4.78, 5) is 29.8. The zero-order chi connectivity index (χ0) is 26.3. The van der Waals surface area contributed by atoms with E-state index in [1.165, 1.54) is 6.08 Å². The first-order valence-electron chi connectivity index (χ1n) is 12.4. The second kappa shape index (κ2) is 9.27. The van der Waals surface area contributed by atoms with Crippen molar-refractivity contribution >= 4 is 22.6 Å². The van der Waals surface area contributed by atoms with Gasteiger partial charge < -0.3 is 14.5 Å². The van der Waals surface area contributed by atoms with Crippen LogP contribution < -0.4 is 9.64 Å². The first-order valence-corrected chi connectivity index (χ1v) is 12.4. The third-order valence-electron chi connectivity index (χ3n) is 7.40. The minimum atomic E-state index is -0.0509. The van der Waals surface area contributed by atoms with Gasteiger partial charge in [0.25, 0.3) is 0 Å². The molecule has 2 aliphatic heterocycles. The quantitative estimate of drug-likeness (QED) is 0.395. The van der Waals surface area contributed by atoms with Gasteiger partial charge in [0.15, 0.2) is 5.82 Å². The molecule has 6 rings (SSSR count). The summed E-state index contributed by atoms with van der Waals surface area (Å²) in [6.07, 6.45) is 5.72. The number of aromatic nitrogens is 5. The van der Waals surface area contributed by atoms with Crippen LogP contribution in [0.3, 0.4) is 0 Å². The van der Waals surface area contributed by atoms with E-state index in [9.17, 15) is 10.1 Å². The summed E-state index contributed by atoms with van der Waals surface area (Å²) in [5.41, 5.74) is 4.26. The largest absolute Gasteiger partial charge is 0.457 e. The molecule has 1 aromatic carbocycles. The van der Waals surface area contributed by atoms with Crippen molar-refractivity contribution in [1.82, 2.24) is 30.0 Å². The molecule has 38 heavy (non-hydrogen) atoms. The molecular formula is C28H26N8O2. The number of nitrogens with one attached hydrogen (secondary N) is 1. The Balaban J connectivity index is 1.41. The number of hydrogen-bond acceptors (Lipinski definition) is 8. The Morgan fingerprint density at radius 1 is 1.26 bits per heavy atom. The Morgan fingerprint density at radius 2 is 2.13 bits per heavy atom. The number of pyridine rings is 1. The number of fused-ring (bicyclic) bond motifs is 1. The van der Waals surface area contributed by atoms with Crippen molar-refractivity contribution in [3.63, 3.8) is 0 Å². The normalized spacial score (nSPS) is 15.9. The van der Waals surface area contributed by atoms with Crippen molar-refractivity contribution in [2.24, 2.45) is 5.41 Å². The number of carbonyl (C=O) groups is 1. The van der Waals surface area contributed by atoms with Gasteiger partial charge in [0.05, 0.1) is 23.1 Å². The number of rotatable bonds is 6. The summed E-state index contributed by atoms with van der Waals surface area (Å²) in [7, 11) is 0. The fourth-order valence-corrected chi connectivity index (χ4v) is 5.49. The maximum absolute atomic E-state index is 12.0. The third-order valence-corrected chi connectivity index (χ3v) is 7.40. The van der Waals surface area contributed by atoms with E-state index in [1.54, 1.807) is 17.3 Å². The van der Waals surface area contributed by atoms with Gasteiger partial charge in [-0.2, -0.15) is 20.3 Å². The summed E-state index contributed by atoms with van der Waals surface area (Å²) in [5, 5.41) is 18.5. The van der Waals surface area contributed by atoms with E-state index in [2.05, 4.69) is 32.7 Å². The van der Waals surface area contributed by atoms with Crippen LogP contribution in [0.1, 0.15) is 23.2 Å². The van der Waals surface area contributed by atoms with Gasteiger partial charge in [-0.3, -0.25) is 14.9 Å². The van der Waals surface area contributed by atoms with E-state index in [-0.39, 0.29) is 23.9 Å². The lowest BCUT2D eigenvalue weighted by molar-refractivity contribution is -0.136. The van der Waals surface area contributed by atoms with Crippen LogP contribution in [0.2, 0.25) is 0 Å². The number of likely N-dealkylation sites (tertiary alicyclic amines) is 1. The summed E-state index contributed by atoms with van der Waals surface area (Å²) < 4.78 is 6.03. The molecule has 2 saturated heterocycles. The fraction of sp³-hybridized carbons (Fsp3) is 0.286. The molecular weight excluding hydrogens is 480 g/mol. The average Bonchev–Trinajstić information content (AvgIpc) is 3.58. The summed E-state index contributed by atoms with van der Waals surface area (Å²) in [6.45, 7) is 8.53. The first kappa shape index (κ1) is 23.6. The van der Waals surface area contributed by atoms with Gasteiger partial charge in [-0.1, -0.05) is 18.7 Å². The second-order valence-electron chi connectivity index (χ2n) is 9.93. The van der Waals surface area contributed by atoms with Gasteiger partial charge >= 0.3 is 6.01 Å². The van der Waals surface area contributed by atoms with Crippen molar-refractivity contribution in [1.29, 1.82) is 5.26 Å². The number of H-pyrrole nitrogens is 1. The molecule has 0 aliphatic carbocycles. The van der Waals surface area contributed by atoms with Crippen LogP contribution in [0.5, 0.6) is 6.01 Å². The summed E-state index contributed by atoms with van der Waals surface area (Å²) in [5.74, 6) is 0.490. The van der Waals surface area contributed by atoms with Crippen molar-refractivity contribution < 1.29 is 9.53 Å². The van der Waals surface area contributed by atoms with Crippen LogP contribution in [0, 0.1) is 23.7 Å². The topological polar surface area (TPSA) is 124 Å². The fourth-order valence-electron chi connectivity index (χ4n) is 5.49. The SMILES string of the molecule is C=CC(=O)N1CC2(CCN(c3nc(OCc4ccccn4)nc(-c4c(C)ccc5[nH]ncc45)c3C#N)C2)C1. The molecule has 0 unspecified atom stereocenters. The lowest BCUT2D eigenvalue weighted by Crippen LogP contribution is -2.59. The monoisotopic (exact) mass is 506 g/mol. The smallest absolute Gasteiger partial charge is 0.319 e. The molecule has 10 heteroatoms. The zero-order valence-corrected chi connectivity index (χ0v) is 21.0. The van der Waals surface area contributed by atoms with Crippen LogP contribution in [0.15, 0.2) is 55.4 Å². The molecule has 0 saturated carbocycles. The molecule has 1 spiro atoms. The Hall–Kier alpha value is -4.78. The van der Waals surface area contributed by atoms with Crippen molar-refractivity contribution in [2.45, 2.75) is 20.0 Å². The molecule has 2 fully saturated rings. The third kappa shape index (κ3) is 4.02. The van der Waals surface area contributed by atoms with Crippen LogP contribution in [0.4, 0.5) is 5.82 Å². The highest BCUT2D eigenvalue weighted by Gasteiger charge is 2.49. The van der Waals surface area contributed by atoms with Crippen LogP contribution in [0.25, 0.3) is 22.2 Å².